The largest absolute Gasteiger partial charge is 0.381 e. The fraction of sp³-hybridized carbons (Fsp3) is 0.500. The van der Waals surface area contributed by atoms with E-state index in [0.717, 1.165) is 19.3 Å². The number of nitrogen functional groups attached to an aromatic ring is 2. The topological polar surface area (TPSA) is 77.8 Å². The maximum atomic E-state index is 13.3. The van der Waals surface area contributed by atoms with Crippen molar-refractivity contribution in [1.29, 1.82) is 0 Å². The molecule has 1 heterocycles. The molecule has 70 valence electrons. The number of rotatable bonds is 1. The summed E-state index contributed by atoms with van der Waals surface area (Å²) < 4.78 is 13.3. The summed E-state index contributed by atoms with van der Waals surface area (Å²) in [4.78, 5) is 7.41. The molecule has 1 aliphatic rings. The maximum Gasteiger partial charge on any atom is 0.222 e. The minimum atomic E-state index is -0.501. The van der Waals surface area contributed by atoms with E-state index in [1.165, 1.54) is 0 Å². The third-order valence-corrected chi connectivity index (χ3v) is 2.41. The molecule has 5 heteroatoms. The molecule has 4 nitrogen and oxygen atoms in total. The highest BCUT2D eigenvalue weighted by Gasteiger charge is 2.26. The van der Waals surface area contributed by atoms with Gasteiger partial charge in [0.2, 0.25) is 5.95 Å². The first-order valence-corrected chi connectivity index (χ1v) is 4.27. The summed E-state index contributed by atoms with van der Waals surface area (Å²) in [5.41, 5.74) is 11.1. The first kappa shape index (κ1) is 8.22. The number of anilines is 2. The Morgan fingerprint density at radius 3 is 2.46 bits per heavy atom. The quantitative estimate of drug-likeness (QED) is 0.680. The molecule has 2 rings (SSSR count). The van der Waals surface area contributed by atoms with Crippen molar-refractivity contribution in [2.75, 3.05) is 11.5 Å². The Labute approximate surface area is 75.2 Å². The van der Waals surface area contributed by atoms with Crippen LogP contribution in [0.25, 0.3) is 0 Å². The van der Waals surface area contributed by atoms with E-state index in [1.54, 1.807) is 0 Å². The highest BCUT2D eigenvalue weighted by Crippen LogP contribution is 2.37. The van der Waals surface area contributed by atoms with E-state index in [-0.39, 0.29) is 17.7 Å². The van der Waals surface area contributed by atoms with Crippen LogP contribution in [0, 0.1) is 5.82 Å². The summed E-state index contributed by atoms with van der Waals surface area (Å²) in [5, 5.41) is 0. The van der Waals surface area contributed by atoms with Crippen molar-refractivity contribution in [1.82, 2.24) is 9.97 Å². The first-order chi connectivity index (χ1) is 6.18. The van der Waals surface area contributed by atoms with Crippen molar-refractivity contribution in [3.8, 4) is 0 Å². The summed E-state index contributed by atoms with van der Waals surface area (Å²) in [5.74, 6) is -0.401. The van der Waals surface area contributed by atoms with Gasteiger partial charge in [0.15, 0.2) is 11.6 Å². The molecular weight excluding hydrogens is 171 g/mol. The average molecular weight is 182 g/mol. The molecule has 0 spiro atoms. The molecule has 0 bridgehead atoms. The van der Waals surface area contributed by atoms with Gasteiger partial charge in [0.1, 0.15) is 0 Å². The van der Waals surface area contributed by atoms with Crippen molar-refractivity contribution in [3.63, 3.8) is 0 Å². The number of nitrogens with two attached hydrogens (primary N) is 2. The summed E-state index contributed by atoms with van der Waals surface area (Å²) >= 11 is 0. The Bertz CT molecular complexity index is 335. The SMILES string of the molecule is Nc1nc(N)c(F)c(C2CCC2)n1. The lowest BCUT2D eigenvalue weighted by atomic mass is 9.82. The van der Waals surface area contributed by atoms with Crippen LogP contribution in [0.1, 0.15) is 30.9 Å². The van der Waals surface area contributed by atoms with E-state index >= 15 is 0 Å². The lowest BCUT2D eigenvalue weighted by molar-refractivity contribution is 0.394. The number of halogens is 1. The average Bonchev–Trinajstić information content (AvgIpc) is 1.95. The van der Waals surface area contributed by atoms with Gasteiger partial charge < -0.3 is 11.5 Å². The fourth-order valence-electron chi connectivity index (χ4n) is 1.45. The highest BCUT2D eigenvalue weighted by molar-refractivity contribution is 5.39. The lowest BCUT2D eigenvalue weighted by Gasteiger charge is -2.25. The van der Waals surface area contributed by atoms with E-state index < -0.39 is 5.82 Å². The van der Waals surface area contributed by atoms with Crippen LogP contribution in [0.3, 0.4) is 0 Å². The van der Waals surface area contributed by atoms with Gasteiger partial charge in [-0.25, -0.2) is 9.37 Å². The highest BCUT2D eigenvalue weighted by atomic mass is 19.1. The molecule has 0 aliphatic heterocycles. The second-order valence-electron chi connectivity index (χ2n) is 3.29. The molecular formula is C8H11FN4. The summed E-state index contributed by atoms with van der Waals surface area (Å²) in [6.07, 6.45) is 3.05. The smallest absolute Gasteiger partial charge is 0.222 e. The number of aromatic nitrogens is 2. The molecule has 1 fully saturated rings. The summed E-state index contributed by atoms with van der Waals surface area (Å²) in [6.45, 7) is 0. The molecule has 13 heavy (non-hydrogen) atoms. The van der Waals surface area contributed by atoms with E-state index in [1.807, 2.05) is 0 Å². The van der Waals surface area contributed by atoms with Crippen LogP contribution in [-0.2, 0) is 0 Å². The van der Waals surface area contributed by atoms with E-state index in [9.17, 15) is 4.39 Å². The van der Waals surface area contributed by atoms with Gasteiger partial charge in [-0.2, -0.15) is 4.98 Å². The second-order valence-corrected chi connectivity index (χ2v) is 3.29. The predicted octanol–water partition coefficient (Wildman–Crippen LogP) is 1.05. The monoisotopic (exact) mass is 182 g/mol. The molecule has 0 radical (unpaired) electrons. The van der Waals surface area contributed by atoms with Gasteiger partial charge >= 0.3 is 0 Å². The Morgan fingerprint density at radius 2 is 1.92 bits per heavy atom. The van der Waals surface area contributed by atoms with Gasteiger partial charge in [0.05, 0.1) is 5.69 Å². The van der Waals surface area contributed by atoms with Gasteiger partial charge in [0.25, 0.3) is 0 Å². The van der Waals surface area contributed by atoms with Crippen molar-refractivity contribution >= 4 is 11.8 Å². The van der Waals surface area contributed by atoms with Crippen molar-refractivity contribution in [2.24, 2.45) is 0 Å². The van der Waals surface area contributed by atoms with Crippen LogP contribution in [0.4, 0.5) is 16.2 Å². The zero-order chi connectivity index (χ0) is 9.42. The van der Waals surface area contributed by atoms with Crippen molar-refractivity contribution < 1.29 is 4.39 Å². The molecule has 1 aliphatic carbocycles. The summed E-state index contributed by atoms with van der Waals surface area (Å²) in [7, 11) is 0. The minimum Gasteiger partial charge on any atom is -0.381 e. The van der Waals surface area contributed by atoms with Crippen LogP contribution in [0.2, 0.25) is 0 Å². The van der Waals surface area contributed by atoms with Gasteiger partial charge in [-0.15, -0.1) is 0 Å². The predicted molar refractivity (Wildman–Crippen MR) is 47.4 cm³/mol. The Kier molecular flexibility index (Phi) is 1.79. The number of hydrogen-bond donors (Lipinski definition) is 2. The molecule has 0 unspecified atom stereocenters. The van der Waals surface area contributed by atoms with Crippen LogP contribution < -0.4 is 11.5 Å². The first-order valence-electron chi connectivity index (χ1n) is 4.27. The number of hydrogen-bond acceptors (Lipinski definition) is 4. The molecule has 1 aromatic rings. The van der Waals surface area contributed by atoms with Gasteiger partial charge in [-0.1, -0.05) is 6.42 Å². The molecule has 1 saturated carbocycles. The molecule has 1 aromatic heterocycles. The molecule has 0 saturated heterocycles. The van der Waals surface area contributed by atoms with Crippen molar-refractivity contribution in [3.05, 3.63) is 11.5 Å². The van der Waals surface area contributed by atoms with Crippen LogP contribution in [-0.4, -0.2) is 9.97 Å². The summed E-state index contributed by atoms with van der Waals surface area (Å²) in [6, 6.07) is 0. The van der Waals surface area contributed by atoms with Gasteiger partial charge in [-0.3, -0.25) is 0 Å². The van der Waals surface area contributed by atoms with Gasteiger partial charge in [0, 0.05) is 5.92 Å². The molecule has 0 aromatic carbocycles. The van der Waals surface area contributed by atoms with Crippen LogP contribution in [0.15, 0.2) is 0 Å². The molecule has 0 amide bonds. The van der Waals surface area contributed by atoms with Crippen molar-refractivity contribution in [2.45, 2.75) is 25.2 Å². The van der Waals surface area contributed by atoms with Crippen LogP contribution >= 0.6 is 0 Å². The number of nitrogens with zero attached hydrogens (tertiary/aromatic N) is 2. The van der Waals surface area contributed by atoms with E-state index in [4.69, 9.17) is 11.5 Å². The Morgan fingerprint density at radius 1 is 1.23 bits per heavy atom. The zero-order valence-corrected chi connectivity index (χ0v) is 7.13. The van der Waals surface area contributed by atoms with E-state index in [0.29, 0.717) is 5.69 Å². The second kappa shape index (κ2) is 2.83. The molecule has 0 atom stereocenters. The van der Waals surface area contributed by atoms with Gasteiger partial charge in [-0.05, 0) is 12.8 Å². The standard InChI is InChI=1S/C8H11FN4/c9-5-6(4-2-1-3-4)12-8(11)13-7(5)10/h4H,1-3H2,(H4,10,11,12,13). The Balaban J connectivity index is 2.42. The minimum absolute atomic E-state index is 0.0563. The fourth-order valence-corrected chi connectivity index (χ4v) is 1.45. The third kappa shape index (κ3) is 1.30. The zero-order valence-electron chi connectivity index (χ0n) is 7.13. The lowest BCUT2D eigenvalue weighted by Crippen LogP contribution is -2.16. The van der Waals surface area contributed by atoms with E-state index in [2.05, 4.69) is 9.97 Å². The molecule has 4 N–H and O–H groups in total. The third-order valence-electron chi connectivity index (χ3n) is 2.41. The maximum absolute atomic E-state index is 13.3. The van der Waals surface area contributed by atoms with Crippen LogP contribution in [0.5, 0.6) is 0 Å². The Hall–Kier alpha value is -1.39. The normalized spacial score (nSPS) is 17.0.